The Bertz CT molecular complexity index is 907. The highest BCUT2D eigenvalue weighted by Crippen LogP contribution is 2.19. The average Bonchev–Trinajstić information content (AvgIpc) is 2.71. The number of aryl methyl sites for hydroxylation is 1. The number of rotatable bonds is 5. The van der Waals surface area contributed by atoms with E-state index in [1.54, 1.807) is 36.4 Å². The summed E-state index contributed by atoms with van der Waals surface area (Å²) in [6.07, 6.45) is -1.76. The molecule has 1 unspecified atom stereocenters. The molecule has 0 spiro atoms. The van der Waals surface area contributed by atoms with Gasteiger partial charge in [0.15, 0.2) is 0 Å². The average molecular weight is 360 g/mol. The predicted molar refractivity (Wildman–Crippen MR) is 106 cm³/mol. The minimum Gasteiger partial charge on any atom is -0.382 e. The number of benzene rings is 3. The van der Waals surface area contributed by atoms with Crippen LogP contribution < -0.4 is 5.32 Å². The van der Waals surface area contributed by atoms with E-state index in [0.29, 0.717) is 16.8 Å². The second-order valence-electron chi connectivity index (χ2n) is 6.03. The van der Waals surface area contributed by atoms with Gasteiger partial charge in [-0.15, -0.1) is 0 Å². The van der Waals surface area contributed by atoms with Crippen LogP contribution in [0.4, 0.5) is 10.5 Å². The van der Waals surface area contributed by atoms with E-state index in [9.17, 15) is 9.90 Å². The van der Waals surface area contributed by atoms with E-state index in [1.165, 1.54) is 0 Å². The fraction of sp³-hybridized carbons (Fsp3) is 0.0909. The van der Waals surface area contributed by atoms with E-state index in [4.69, 9.17) is 4.84 Å². The Kier molecular flexibility index (Phi) is 5.97. The van der Waals surface area contributed by atoms with Gasteiger partial charge in [-0.05, 0) is 24.6 Å². The molecule has 3 rings (SSSR count). The van der Waals surface area contributed by atoms with Crippen LogP contribution in [0.5, 0.6) is 0 Å². The minimum atomic E-state index is -1.03. The first-order valence-corrected chi connectivity index (χ1v) is 8.54. The minimum absolute atomic E-state index is 0.251. The number of carbonyl (C=O) groups is 1. The van der Waals surface area contributed by atoms with Crippen molar-refractivity contribution in [3.05, 3.63) is 102 Å². The number of amides is 1. The summed E-state index contributed by atoms with van der Waals surface area (Å²) in [5, 5.41) is 17.3. The third-order valence-electron chi connectivity index (χ3n) is 3.97. The van der Waals surface area contributed by atoms with Crippen LogP contribution >= 0.6 is 0 Å². The topological polar surface area (TPSA) is 70.9 Å². The van der Waals surface area contributed by atoms with Crippen molar-refractivity contribution in [1.82, 2.24) is 0 Å². The predicted octanol–water partition coefficient (Wildman–Crippen LogP) is 4.68. The number of aliphatic hydroxyl groups is 1. The summed E-state index contributed by atoms with van der Waals surface area (Å²) in [5.41, 5.74) is 3.26. The zero-order valence-corrected chi connectivity index (χ0v) is 14.9. The zero-order valence-electron chi connectivity index (χ0n) is 14.9. The van der Waals surface area contributed by atoms with Crippen molar-refractivity contribution in [1.29, 1.82) is 0 Å². The van der Waals surface area contributed by atoms with Crippen molar-refractivity contribution in [2.24, 2.45) is 5.16 Å². The van der Waals surface area contributed by atoms with E-state index in [1.807, 2.05) is 55.5 Å². The standard InChI is InChI=1S/C22H20N2O3/c1-16-12-14-19(15-13-16)23-22(26)27-24-20(17-8-4-2-5-9-17)21(25)18-10-6-3-7-11-18/h2-15,21,25H,1H3,(H,23,26). The van der Waals surface area contributed by atoms with E-state index in [0.717, 1.165) is 5.56 Å². The van der Waals surface area contributed by atoms with Gasteiger partial charge >= 0.3 is 6.09 Å². The van der Waals surface area contributed by atoms with Gasteiger partial charge in [0.2, 0.25) is 0 Å². The SMILES string of the molecule is Cc1ccc(NC(=O)ON=C(c2ccccc2)C(O)c2ccccc2)cc1. The molecule has 0 radical (unpaired) electrons. The normalized spacial score (nSPS) is 12.3. The first-order chi connectivity index (χ1) is 13.1. The van der Waals surface area contributed by atoms with Crippen molar-refractivity contribution in [3.63, 3.8) is 0 Å². The van der Waals surface area contributed by atoms with Gasteiger partial charge in [-0.2, -0.15) is 0 Å². The smallest absolute Gasteiger partial charge is 0.382 e. The molecule has 2 N–H and O–H groups in total. The molecule has 0 heterocycles. The van der Waals surface area contributed by atoms with Crippen LogP contribution in [0, 0.1) is 6.92 Å². The quantitative estimate of drug-likeness (QED) is 0.394. The third kappa shape index (κ3) is 5.03. The first-order valence-electron chi connectivity index (χ1n) is 8.54. The van der Waals surface area contributed by atoms with E-state index < -0.39 is 12.2 Å². The molecule has 1 atom stereocenters. The Labute approximate surface area is 157 Å². The fourth-order valence-electron chi connectivity index (χ4n) is 2.53. The van der Waals surface area contributed by atoms with Crippen molar-refractivity contribution < 1.29 is 14.7 Å². The van der Waals surface area contributed by atoms with Crippen LogP contribution in [0.25, 0.3) is 0 Å². The van der Waals surface area contributed by atoms with E-state index in [2.05, 4.69) is 10.5 Å². The lowest BCUT2D eigenvalue weighted by molar-refractivity contribution is 0.163. The summed E-state index contributed by atoms with van der Waals surface area (Å²) in [6.45, 7) is 1.96. The second kappa shape index (κ2) is 8.78. The Morgan fingerprint density at radius 3 is 2.15 bits per heavy atom. The molecule has 0 saturated heterocycles. The van der Waals surface area contributed by atoms with Crippen molar-refractivity contribution in [2.75, 3.05) is 5.32 Å². The molecule has 0 aromatic heterocycles. The van der Waals surface area contributed by atoms with E-state index >= 15 is 0 Å². The van der Waals surface area contributed by atoms with Gasteiger partial charge in [-0.3, -0.25) is 10.2 Å². The molecule has 0 aliphatic carbocycles. The van der Waals surface area contributed by atoms with Gasteiger partial charge in [0.05, 0.1) is 0 Å². The molecule has 5 nitrogen and oxygen atoms in total. The van der Waals surface area contributed by atoms with Crippen molar-refractivity contribution in [3.8, 4) is 0 Å². The molecule has 136 valence electrons. The molecule has 1 amide bonds. The summed E-state index contributed by atoms with van der Waals surface area (Å²) in [4.78, 5) is 17.1. The molecule has 0 bridgehead atoms. The largest absolute Gasteiger partial charge is 0.437 e. The molecule has 27 heavy (non-hydrogen) atoms. The van der Waals surface area contributed by atoms with Gasteiger partial charge in [-0.25, -0.2) is 4.79 Å². The molecule has 5 heteroatoms. The van der Waals surface area contributed by atoms with Gasteiger partial charge < -0.3 is 5.11 Å². The number of oxime groups is 1. The third-order valence-corrected chi connectivity index (χ3v) is 3.97. The monoisotopic (exact) mass is 360 g/mol. The number of hydrogen-bond donors (Lipinski definition) is 2. The van der Waals surface area contributed by atoms with Gasteiger partial charge in [0.1, 0.15) is 11.8 Å². The molecule has 0 aliphatic heterocycles. The maximum atomic E-state index is 12.1. The number of aliphatic hydroxyl groups excluding tert-OH is 1. The molecular formula is C22H20N2O3. The molecule has 3 aromatic carbocycles. The van der Waals surface area contributed by atoms with Crippen LogP contribution in [0.3, 0.4) is 0 Å². The number of nitrogens with one attached hydrogen (secondary N) is 1. The Hall–Kier alpha value is -3.44. The number of hydrogen-bond acceptors (Lipinski definition) is 4. The Morgan fingerprint density at radius 2 is 1.52 bits per heavy atom. The summed E-state index contributed by atoms with van der Waals surface area (Å²) in [5.74, 6) is 0. The molecule has 0 aliphatic rings. The van der Waals surface area contributed by atoms with Crippen LogP contribution in [0.15, 0.2) is 90.1 Å². The van der Waals surface area contributed by atoms with Crippen LogP contribution in [0.1, 0.15) is 22.8 Å². The summed E-state index contributed by atoms with van der Waals surface area (Å²) in [6, 6.07) is 25.5. The number of nitrogens with zero attached hydrogens (tertiary/aromatic N) is 1. The van der Waals surface area contributed by atoms with Gasteiger partial charge in [-0.1, -0.05) is 83.5 Å². The molecular weight excluding hydrogens is 340 g/mol. The maximum Gasteiger partial charge on any atom is 0.437 e. The summed E-state index contributed by atoms with van der Waals surface area (Å²) in [7, 11) is 0. The summed E-state index contributed by atoms with van der Waals surface area (Å²) >= 11 is 0. The van der Waals surface area contributed by atoms with Crippen LogP contribution in [-0.4, -0.2) is 16.9 Å². The Balaban J connectivity index is 1.80. The number of anilines is 1. The lowest BCUT2D eigenvalue weighted by atomic mass is 9.99. The lowest BCUT2D eigenvalue weighted by Gasteiger charge is -2.14. The lowest BCUT2D eigenvalue weighted by Crippen LogP contribution is -2.17. The number of carbonyl (C=O) groups excluding carboxylic acids is 1. The Morgan fingerprint density at radius 1 is 0.926 bits per heavy atom. The zero-order chi connectivity index (χ0) is 19.1. The van der Waals surface area contributed by atoms with Gasteiger partial charge in [0, 0.05) is 11.3 Å². The van der Waals surface area contributed by atoms with Crippen molar-refractivity contribution >= 4 is 17.5 Å². The first kappa shape index (κ1) is 18.4. The fourth-order valence-corrected chi connectivity index (χ4v) is 2.53. The highest BCUT2D eigenvalue weighted by Gasteiger charge is 2.18. The summed E-state index contributed by atoms with van der Waals surface area (Å²) < 4.78 is 0. The highest BCUT2D eigenvalue weighted by molar-refractivity contribution is 6.04. The molecule has 3 aromatic rings. The van der Waals surface area contributed by atoms with Crippen LogP contribution in [-0.2, 0) is 4.84 Å². The molecule has 0 saturated carbocycles. The van der Waals surface area contributed by atoms with E-state index in [-0.39, 0.29) is 5.71 Å². The van der Waals surface area contributed by atoms with Gasteiger partial charge in [0.25, 0.3) is 0 Å². The maximum absolute atomic E-state index is 12.1. The molecule has 0 fully saturated rings. The highest BCUT2D eigenvalue weighted by atomic mass is 16.7. The second-order valence-corrected chi connectivity index (χ2v) is 6.03. The van der Waals surface area contributed by atoms with Crippen molar-refractivity contribution in [2.45, 2.75) is 13.0 Å². The van der Waals surface area contributed by atoms with Crippen LogP contribution in [0.2, 0.25) is 0 Å².